The Morgan fingerprint density at radius 2 is 0.475 bits per heavy atom. The van der Waals surface area contributed by atoms with Crippen LogP contribution < -0.4 is 0 Å². The molecule has 0 fully saturated rings. The Kier molecular flexibility index (Phi) is 38.4. The van der Waals surface area contributed by atoms with Crippen LogP contribution in [0, 0.1) is 0 Å². The van der Waals surface area contributed by atoms with Crippen molar-refractivity contribution in [1.82, 2.24) is 0 Å². The van der Waals surface area contributed by atoms with E-state index in [1.807, 2.05) is 0 Å². The number of benzene rings is 3. The summed E-state index contributed by atoms with van der Waals surface area (Å²) in [6, 6.07) is 14.7. The first-order valence-corrected chi connectivity index (χ1v) is 36.1. The second kappa shape index (κ2) is 43.0. The summed E-state index contributed by atoms with van der Waals surface area (Å²) in [7, 11) is -3.46. The van der Waals surface area contributed by atoms with Crippen LogP contribution in [0.1, 0.15) is 344 Å². The van der Waals surface area contributed by atoms with Gasteiger partial charge in [-0.25, -0.2) is 4.79 Å². The molecule has 0 aliphatic carbocycles. The molecular weight excluding hydrogens is 1010 g/mol. The molecule has 0 N–H and O–H groups in total. The number of rotatable bonds is 49. The molecule has 6 heteroatoms. The van der Waals surface area contributed by atoms with E-state index in [0.29, 0.717) is 0 Å². The maximum absolute atomic E-state index is 16.2. The molecule has 0 bridgehead atoms. The first-order chi connectivity index (χ1) is 38.9. The Bertz CT molecular complexity index is 1780. The maximum atomic E-state index is 16.2. The molecule has 3 aromatic rings. The van der Waals surface area contributed by atoms with E-state index in [1.54, 1.807) is 0 Å². The third-order valence-electron chi connectivity index (χ3n) is 17.0. The third kappa shape index (κ3) is 25.2. The molecular formula is C74H123F3O2S. The van der Waals surface area contributed by atoms with Crippen LogP contribution in [-0.2, 0) is 66.8 Å². The van der Waals surface area contributed by atoms with E-state index in [4.69, 9.17) is 4.18 Å². The fourth-order valence-corrected chi connectivity index (χ4v) is 16.8. The summed E-state index contributed by atoms with van der Waals surface area (Å²) in [4.78, 5) is 18.1. The molecule has 0 saturated heterocycles. The van der Waals surface area contributed by atoms with Crippen molar-refractivity contribution >= 4 is 16.3 Å². The van der Waals surface area contributed by atoms with Gasteiger partial charge in [-0.3, -0.25) is 0 Å². The highest BCUT2D eigenvalue weighted by Crippen LogP contribution is 2.75. The fraction of sp³-hybridized carbons (Fsp3) is 0.743. The zero-order valence-corrected chi connectivity index (χ0v) is 54.5. The number of unbranched alkanes of at least 4 members (excludes halogenated alkanes) is 27. The van der Waals surface area contributed by atoms with Crippen LogP contribution in [0.5, 0.6) is 0 Å². The molecule has 0 spiro atoms. The lowest BCUT2D eigenvalue weighted by atomic mass is 9.94. The summed E-state index contributed by atoms with van der Waals surface area (Å²) in [6.45, 7) is 20.4. The Labute approximate surface area is 494 Å². The van der Waals surface area contributed by atoms with Crippen LogP contribution in [-0.4, -0.2) is 12.1 Å². The number of carbonyl (C=O) groups is 1. The smallest absolute Gasteiger partial charge is 0.395 e. The van der Waals surface area contributed by atoms with Crippen LogP contribution in [0.25, 0.3) is 0 Å². The average Bonchev–Trinajstić information content (AvgIpc) is 3.64. The molecule has 0 saturated carbocycles. The number of aryl methyl sites for hydroxylation is 9. The highest BCUT2D eigenvalue weighted by atomic mass is 32.3. The molecule has 80 heavy (non-hydrogen) atoms. The van der Waals surface area contributed by atoms with Crippen LogP contribution in [0.3, 0.4) is 0 Å². The van der Waals surface area contributed by atoms with Crippen molar-refractivity contribution in [3.05, 3.63) is 86.5 Å². The predicted octanol–water partition coefficient (Wildman–Crippen LogP) is 25.1. The molecule has 2 nitrogen and oxygen atoms in total. The largest absolute Gasteiger partial charge is 0.491 e. The van der Waals surface area contributed by atoms with E-state index < -0.39 is 22.5 Å². The molecule has 0 aliphatic rings. The number of alkyl halides is 3. The van der Waals surface area contributed by atoms with Crippen LogP contribution >= 0.6 is 10.3 Å². The number of carbonyl (C=O) groups excluding carboxylic acids is 1. The van der Waals surface area contributed by atoms with Gasteiger partial charge < -0.3 is 4.18 Å². The van der Waals surface area contributed by atoms with Crippen LogP contribution in [0.2, 0.25) is 0 Å². The van der Waals surface area contributed by atoms with Gasteiger partial charge in [-0.2, -0.15) is 13.2 Å². The summed E-state index contributed by atoms with van der Waals surface area (Å²) in [6.07, 6.45) is 41.4. The SMILES string of the molecule is CCCCCCc1cc(CCCCCC)c(S(OC(=O)C(F)(F)F)(c2c(CCCCCC)cc(CCCCCC)cc2CCCCCC)c2c(CCCCCC)cc(CCCCCC)cc2CCCCCC)c(CCCCCC)c1. The lowest BCUT2D eigenvalue weighted by molar-refractivity contribution is -0.188. The fourth-order valence-electron chi connectivity index (χ4n) is 12.4. The lowest BCUT2D eigenvalue weighted by Crippen LogP contribution is -2.30. The van der Waals surface area contributed by atoms with Crippen molar-refractivity contribution in [1.29, 1.82) is 0 Å². The first-order valence-electron chi connectivity index (χ1n) is 34.5. The summed E-state index contributed by atoms with van der Waals surface area (Å²) >= 11 is 0. The van der Waals surface area contributed by atoms with Gasteiger partial charge in [-0.05, 0) is 176 Å². The molecule has 0 amide bonds. The average molecular weight is 1130 g/mol. The first kappa shape index (κ1) is 71.5. The van der Waals surface area contributed by atoms with Gasteiger partial charge in [0.25, 0.3) is 0 Å². The standard InChI is InChI=1S/C74H123F3O2S/c1-10-19-28-37-46-61-55-64(49-40-31-22-13-4)70(65(56-61)50-41-32-23-14-5)80(79-73(78)74(75,76)77,71-66(51-42-33-24-15-6)57-62(47-38-29-20-11-2)58-67(71)52-43-34-25-16-7)72-68(53-44-35-26-17-8)59-63(48-39-30-21-12-3)60-69(72)54-45-36-27-18-9/h55-60H,10-54H2,1-9H3. The van der Waals surface area contributed by atoms with Crippen molar-refractivity contribution in [3.8, 4) is 0 Å². The minimum atomic E-state index is -5.19. The molecule has 0 heterocycles. The van der Waals surface area contributed by atoms with Gasteiger partial charge >= 0.3 is 12.1 Å². The monoisotopic (exact) mass is 1130 g/mol. The molecule has 0 aliphatic heterocycles. The normalized spacial score (nSPS) is 12.2. The third-order valence-corrected chi connectivity index (χ3v) is 20.7. The van der Waals surface area contributed by atoms with E-state index in [-0.39, 0.29) is 0 Å². The summed E-state index contributed by atoms with van der Waals surface area (Å²) in [5.74, 6) is -2.01. The highest BCUT2D eigenvalue weighted by Gasteiger charge is 2.51. The number of hydrogen-bond donors (Lipinski definition) is 0. The van der Waals surface area contributed by atoms with Crippen LogP contribution in [0.15, 0.2) is 51.1 Å². The predicted molar refractivity (Wildman–Crippen MR) is 344 cm³/mol. The molecule has 0 unspecified atom stereocenters. The van der Waals surface area contributed by atoms with Gasteiger partial charge in [0.05, 0.1) is 0 Å². The van der Waals surface area contributed by atoms with Crippen molar-refractivity contribution in [2.75, 3.05) is 0 Å². The Morgan fingerprint density at radius 3 is 0.637 bits per heavy atom. The Morgan fingerprint density at radius 1 is 0.300 bits per heavy atom. The van der Waals surface area contributed by atoms with E-state index in [2.05, 4.69) is 98.7 Å². The Balaban J connectivity index is 3.02. The van der Waals surface area contributed by atoms with Crippen molar-refractivity contribution < 1.29 is 22.1 Å². The zero-order valence-electron chi connectivity index (χ0n) is 53.6. The van der Waals surface area contributed by atoms with Crippen molar-refractivity contribution in [2.24, 2.45) is 0 Å². The van der Waals surface area contributed by atoms with Gasteiger partial charge in [0.2, 0.25) is 0 Å². The highest BCUT2D eigenvalue weighted by molar-refractivity contribution is 8.30. The summed E-state index contributed by atoms with van der Waals surface area (Å²) < 4.78 is 55.9. The molecule has 3 aromatic carbocycles. The van der Waals surface area contributed by atoms with E-state index in [9.17, 15) is 0 Å². The van der Waals surface area contributed by atoms with Gasteiger partial charge in [0.1, 0.15) is 0 Å². The van der Waals surface area contributed by atoms with Crippen LogP contribution in [0.4, 0.5) is 13.2 Å². The quantitative estimate of drug-likeness (QED) is 0.0527. The zero-order chi connectivity index (χ0) is 58.3. The van der Waals surface area contributed by atoms with Crippen molar-refractivity contribution in [3.63, 3.8) is 0 Å². The molecule has 3 rings (SSSR count). The van der Waals surface area contributed by atoms with Gasteiger partial charge in [-0.1, -0.05) is 272 Å². The van der Waals surface area contributed by atoms with Gasteiger partial charge in [0.15, 0.2) is 0 Å². The van der Waals surface area contributed by atoms with Gasteiger partial charge in [0, 0.05) is 14.7 Å². The molecule has 0 aromatic heterocycles. The summed E-state index contributed by atoms with van der Waals surface area (Å²) in [5.41, 5.74) is 10.8. The van der Waals surface area contributed by atoms with E-state index in [0.717, 1.165) is 298 Å². The van der Waals surface area contributed by atoms with Crippen molar-refractivity contribution in [2.45, 2.75) is 372 Å². The number of halogens is 3. The van der Waals surface area contributed by atoms with E-state index in [1.165, 1.54) is 55.2 Å². The Hall–Kier alpha value is -2.73. The van der Waals surface area contributed by atoms with E-state index >= 15 is 18.0 Å². The lowest BCUT2D eigenvalue weighted by Gasteiger charge is -2.47. The molecule has 458 valence electrons. The summed E-state index contributed by atoms with van der Waals surface area (Å²) in [5, 5.41) is 0. The second-order valence-electron chi connectivity index (χ2n) is 24.5. The second-order valence-corrected chi connectivity index (χ2v) is 27.0. The molecule has 0 radical (unpaired) electrons. The number of hydrogen-bond acceptors (Lipinski definition) is 2. The van der Waals surface area contributed by atoms with Gasteiger partial charge in [-0.15, -0.1) is 0 Å². The topological polar surface area (TPSA) is 26.3 Å². The minimum absolute atomic E-state index is 0.763. The maximum Gasteiger partial charge on any atom is 0.491 e. The minimum Gasteiger partial charge on any atom is -0.395 e. The molecule has 0 atom stereocenters.